The van der Waals surface area contributed by atoms with E-state index in [0.29, 0.717) is 5.11 Å². The average Bonchev–Trinajstić information content (AvgIpc) is 3.44. The number of nitrogens with zero attached hydrogens (tertiary/aromatic N) is 3. The topological polar surface area (TPSA) is 42.3 Å². The summed E-state index contributed by atoms with van der Waals surface area (Å²) in [5.41, 5.74) is 5.41. The fourth-order valence-electron chi connectivity index (χ4n) is 4.38. The molecule has 5 rings (SSSR count). The van der Waals surface area contributed by atoms with Crippen LogP contribution in [0.25, 0.3) is 5.69 Å². The zero-order valence-electron chi connectivity index (χ0n) is 18.0. The molecule has 0 aliphatic carbocycles. The molecule has 1 aliphatic heterocycles. The minimum atomic E-state index is -0.104. The third kappa shape index (κ3) is 3.52. The van der Waals surface area contributed by atoms with Crippen molar-refractivity contribution in [2.24, 2.45) is 0 Å². The molecule has 32 heavy (non-hydrogen) atoms. The minimum absolute atomic E-state index is 0.0980. The van der Waals surface area contributed by atoms with Crippen molar-refractivity contribution in [3.05, 3.63) is 108 Å². The van der Waals surface area contributed by atoms with E-state index in [4.69, 9.17) is 17.0 Å². The van der Waals surface area contributed by atoms with Crippen molar-refractivity contribution in [3.8, 4) is 11.4 Å². The van der Waals surface area contributed by atoms with Crippen LogP contribution >= 0.6 is 12.2 Å². The van der Waals surface area contributed by atoms with Crippen LogP contribution in [0.5, 0.6) is 5.75 Å². The van der Waals surface area contributed by atoms with Crippen LogP contribution in [0.15, 0.2) is 91.3 Å². The van der Waals surface area contributed by atoms with Gasteiger partial charge in [-0.15, -0.1) is 0 Å². The van der Waals surface area contributed by atoms with Gasteiger partial charge in [0.25, 0.3) is 0 Å². The largest absolute Gasteiger partial charge is 0.497 e. The number of hydrogen-bond acceptors (Lipinski definition) is 3. The first-order valence-corrected chi connectivity index (χ1v) is 11.0. The number of pyridine rings is 1. The first kappa shape index (κ1) is 20.3. The number of ether oxygens (including phenoxy) is 1. The molecule has 0 bridgehead atoms. The molecule has 2 aromatic carbocycles. The Labute approximate surface area is 193 Å². The summed E-state index contributed by atoms with van der Waals surface area (Å²) >= 11 is 5.85. The smallest absolute Gasteiger partial charge is 0.174 e. The molecule has 0 amide bonds. The normalized spacial score (nSPS) is 17.9. The fraction of sp³-hybridized carbons (Fsp3) is 0.154. The van der Waals surface area contributed by atoms with Gasteiger partial charge in [0.05, 0.1) is 18.8 Å². The molecular formula is C26H24N4OS. The molecule has 2 atom stereocenters. The Hall–Kier alpha value is -3.64. The van der Waals surface area contributed by atoms with Gasteiger partial charge in [-0.05, 0) is 67.2 Å². The molecule has 5 nitrogen and oxygen atoms in total. The Balaban J connectivity index is 1.68. The Bertz CT molecular complexity index is 1250. The third-order valence-electron chi connectivity index (χ3n) is 5.89. The van der Waals surface area contributed by atoms with Crippen molar-refractivity contribution >= 4 is 23.0 Å². The van der Waals surface area contributed by atoms with Crippen LogP contribution < -0.4 is 15.0 Å². The second kappa shape index (κ2) is 8.48. The number of para-hydroxylation sites is 1. The van der Waals surface area contributed by atoms with Crippen LogP contribution in [0.4, 0.5) is 5.69 Å². The standard InChI is InChI=1S/C26H24N4OS/c1-18-9-3-4-13-22(18)29-16-8-14-23(29)25-24(21-12-5-6-15-27-21)28-26(32)30(25)19-10-7-11-20(17-19)31-2/h3-17,24-25H,1-2H3,(H,28,32)/t24-,25+/m0/s1. The lowest BCUT2D eigenvalue weighted by atomic mass is 10.0. The maximum absolute atomic E-state index is 5.85. The lowest BCUT2D eigenvalue weighted by Crippen LogP contribution is -2.30. The van der Waals surface area contributed by atoms with E-state index in [1.165, 1.54) is 5.56 Å². The summed E-state index contributed by atoms with van der Waals surface area (Å²) in [5, 5.41) is 4.19. The number of hydrogen-bond donors (Lipinski definition) is 1. The number of aromatic nitrogens is 2. The monoisotopic (exact) mass is 440 g/mol. The summed E-state index contributed by atoms with van der Waals surface area (Å²) in [4.78, 5) is 6.82. The zero-order valence-corrected chi connectivity index (χ0v) is 18.8. The summed E-state index contributed by atoms with van der Waals surface area (Å²) in [5.74, 6) is 0.791. The molecule has 1 saturated heterocycles. The molecule has 6 heteroatoms. The van der Waals surface area contributed by atoms with Crippen LogP contribution in [0.3, 0.4) is 0 Å². The number of methoxy groups -OCH3 is 1. The quantitative estimate of drug-likeness (QED) is 0.423. The van der Waals surface area contributed by atoms with Gasteiger partial charge in [0.1, 0.15) is 11.8 Å². The Morgan fingerprint density at radius 2 is 1.81 bits per heavy atom. The number of anilines is 1. The summed E-state index contributed by atoms with van der Waals surface area (Å²) in [6, 6.07) is 26.5. The number of benzene rings is 2. The van der Waals surface area contributed by atoms with Gasteiger partial charge in [0.15, 0.2) is 5.11 Å². The number of aryl methyl sites for hydroxylation is 1. The van der Waals surface area contributed by atoms with Crippen molar-refractivity contribution in [2.45, 2.75) is 19.0 Å². The van der Waals surface area contributed by atoms with Crippen LogP contribution in [0.2, 0.25) is 0 Å². The lowest BCUT2D eigenvalue weighted by molar-refractivity contribution is 0.414. The summed E-state index contributed by atoms with van der Waals surface area (Å²) in [7, 11) is 1.68. The van der Waals surface area contributed by atoms with Gasteiger partial charge in [-0.2, -0.15) is 0 Å². The predicted molar refractivity (Wildman–Crippen MR) is 131 cm³/mol. The molecule has 1 aliphatic rings. The molecular weight excluding hydrogens is 416 g/mol. The van der Waals surface area contributed by atoms with Crippen molar-refractivity contribution in [1.82, 2.24) is 14.9 Å². The number of rotatable bonds is 5. The van der Waals surface area contributed by atoms with E-state index >= 15 is 0 Å². The van der Waals surface area contributed by atoms with Crippen molar-refractivity contribution in [3.63, 3.8) is 0 Å². The van der Waals surface area contributed by atoms with Crippen LogP contribution in [0.1, 0.15) is 29.0 Å². The SMILES string of the molecule is COc1cccc(N2C(=S)N[C@@H](c3ccccn3)[C@H]2c2cccn2-c2ccccc2C)c1. The van der Waals surface area contributed by atoms with Crippen LogP contribution in [-0.2, 0) is 0 Å². The highest BCUT2D eigenvalue weighted by Gasteiger charge is 2.42. The lowest BCUT2D eigenvalue weighted by Gasteiger charge is -2.29. The van der Waals surface area contributed by atoms with Gasteiger partial charge in [0, 0.05) is 35.5 Å². The molecule has 4 aromatic rings. The number of nitrogens with one attached hydrogen (secondary N) is 1. The fourth-order valence-corrected chi connectivity index (χ4v) is 4.73. The molecule has 0 saturated carbocycles. The van der Waals surface area contributed by atoms with E-state index in [1.807, 2.05) is 42.6 Å². The van der Waals surface area contributed by atoms with E-state index in [9.17, 15) is 0 Å². The zero-order chi connectivity index (χ0) is 22.1. The van der Waals surface area contributed by atoms with E-state index in [1.54, 1.807) is 7.11 Å². The summed E-state index contributed by atoms with van der Waals surface area (Å²) < 4.78 is 7.74. The first-order chi connectivity index (χ1) is 15.7. The second-order valence-corrected chi connectivity index (χ2v) is 8.17. The van der Waals surface area contributed by atoms with Gasteiger partial charge in [0.2, 0.25) is 0 Å². The van der Waals surface area contributed by atoms with Gasteiger partial charge >= 0.3 is 0 Å². The molecule has 3 heterocycles. The van der Waals surface area contributed by atoms with Crippen LogP contribution in [-0.4, -0.2) is 21.8 Å². The molecule has 160 valence electrons. The van der Waals surface area contributed by atoms with E-state index in [-0.39, 0.29) is 12.1 Å². The number of thiocarbonyl (C=S) groups is 1. The van der Waals surface area contributed by atoms with E-state index in [0.717, 1.165) is 28.5 Å². The van der Waals surface area contributed by atoms with Gasteiger partial charge in [-0.1, -0.05) is 30.3 Å². The highest BCUT2D eigenvalue weighted by molar-refractivity contribution is 7.80. The highest BCUT2D eigenvalue weighted by atomic mass is 32.1. The molecule has 0 spiro atoms. The summed E-state index contributed by atoms with van der Waals surface area (Å²) in [6.07, 6.45) is 3.93. The van der Waals surface area contributed by atoms with Gasteiger partial charge < -0.3 is 19.5 Å². The minimum Gasteiger partial charge on any atom is -0.497 e. The van der Waals surface area contributed by atoms with E-state index in [2.05, 4.69) is 75.4 Å². The van der Waals surface area contributed by atoms with Crippen molar-refractivity contribution in [1.29, 1.82) is 0 Å². The maximum atomic E-state index is 5.85. The van der Waals surface area contributed by atoms with Gasteiger partial charge in [-0.25, -0.2) is 0 Å². The van der Waals surface area contributed by atoms with Crippen LogP contribution in [0, 0.1) is 6.92 Å². The van der Waals surface area contributed by atoms with Crippen molar-refractivity contribution < 1.29 is 4.74 Å². The molecule has 0 radical (unpaired) electrons. The Morgan fingerprint density at radius 1 is 0.969 bits per heavy atom. The first-order valence-electron chi connectivity index (χ1n) is 10.6. The average molecular weight is 441 g/mol. The van der Waals surface area contributed by atoms with Crippen molar-refractivity contribution in [2.75, 3.05) is 12.0 Å². The summed E-state index contributed by atoms with van der Waals surface area (Å²) in [6.45, 7) is 2.13. The highest BCUT2D eigenvalue weighted by Crippen LogP contribution is 2.43. The molecule has 2 aromatic heterocycles. The van der Waals surface area contributed by atoms with E-state index < -0.39 is 0 Å². The molecule has 1 fully saturated rings. The van der Waals surface area contributed by atoms with Gasteiger partial charge in [-0.3, -0.25) is 4.98 Å². The maximum Gasteiger partial charge on any atom is 0.174 e. The Kier molecular flexibility index (Phi) is 5.37. The Morgan fingerprint density at radius 3 is 2.59 bits per heavy atom. The molecule has 0 unspecified atom stereocenters. The molecule has 1 N–H and O–H groups in total. The predicted octanol–water partition coefficient (Wildman–Crippen LogP) is 5.37. The second-order valence-electron chi connectivity index (χ2n) is 7.79. The third-order valence-corrected chi connectivity index (χ3v) is 6.20.